The lowest BCUT2D eigenvalue weighted by atomic mass is 10.0. The molecule has 1 aromatic rings. The Hall–Kier alpha value is -1.93. The van der Waals surface area contributed by atoms with Crippen LogP contribution in [-0.2, 0) is 11.3 Å². The van der Waals surface area contributed by atoms with Gasteiger partial charge in [0.05, 0.1) is 11.6 Å². The molecule has 4 nitrogen and oxygen atoms in total. The number of hydrogen-bond donors (Lipinski definition) is 0. The first-order chi connectivity index (χ1) is 11.1. The van der Waals surface area contributed by atoms with Gasteiger partial charge in [0.25, 0.3) is 0 Å². The van der Waals surface area contributed by atoms with Crippen molar-refractivity contribution in [1.82, 2.24) is 9.80 Å². The Morgan fingerprint density at radius 1 is 1.30 bits per heavy atom. The molecule has 2 aliphatic rings. The topological polar surface area (TPSA) is 47.3 Å². The fourth-order valence-electron chi connectivity index (χ4n) is 4.08. The van der Waals surface area contributed by atoms with Crippen molar-refractivity contribution in [2.45, 2.75) is 51.2 Å². The molecule has 23 heavy (non-hydrogen) atoms. The predicted octanol–water partition coefficient (Wildman–Crippen LogP) is 2.67. The van der Waals surface area contributed by atoms with Gasteiger partial charge >= 0.3 is 0 Å². The monoisotopic (exact) mass is 315 g/mol. The van der Waals surface area contributed by atoms with Crippen molar-refractivity contribution in [2.75, 3.05) is 13.1 Å². The maximum atomic E-state index is 13.3. The molecule has 0 N–H and O–H groups in total. The van der Waals surface area contributed by atoms with Crippen LogP contribution in [0.1, 0.15) is 43.7 Å². The highest BCUT2D eigenvalue weighted by atomic mass is 19.1. The number of benzene rings is 1. The van der Waals surface area contributed by atoms with Crippen LogP contribution in [0.2, 0.25) is 0 Å². The smallest absolute Gasteiger partial charge is 0.219 e. The summed E-state index contributed by atoms with van der Waals surface area (Å²) in [6, 6.07) is 7.14. The van der Waals surface area contributed by atoms with E-state index in [1.165, 1.54) is 12.1 Å². The van der Waals surface area contributed by atoms with Gasteiger partial charge in [0.1, 0.15) is 5.82 Å². The third-order valence-corrected chi connectivity index (χ3v) is 5.13. The molecule has 0 radical (unpaired) electrons. The summed E-state index contributed by atoms with van der Waals surface area (Å²) in [5.41, 5.74) is 1.28. The Balaban J connectivity index is 1.78. The number of carbonyl (C=O) groups is 1. The number of nitrogens with zero attached hydrogens (tertiary/aromatic N) is 3. The molecule has 2 aliphatic heterocycles. The van der Waals surface area contributed by atoms with Gasteiger partial charge in [-0.25, -0.2) is 4.39 Å². The number of amides is 1. The molecule has 2 heterocycles. The van der Waals surface area contributed by atoms with E-state index in [4.69, 9.17) is 0 Å². The van der Waals surface area contributed by atoms with E-state index in [1.54, 1.807) is 13.0 Å². The molecule has 0 unspecified atom stereocenters. The van der Waals surface area contributed by atoms with Crippen LogP contribution in [0, 0.1) is 17.1 Å². The van der Waals surface area contributed by atoms with E-state index in [-0.39, 0.29) is 17.8 Å². The summed E-state index contributed by atoms with van der Waals surface area (Å²) in [6.07, 6.45) is 4.30. The van der Waals surface area contributed by atoms with Gasteiger partial charge in [-0.1, -0.05) is 6.07 Å². The molecule has 0 saturated carbocycles. The first-order valence-corrected chi connectivity index (χ1v) is 8.30. The van der Waals surface area contributed by atoms with E-state index in [0.717, 1.165) is 44.3 Å². The first-order valence-electron chi connectivity index (χ1n) is 8.30. The molecule has 5 heteroatoms. The average molecular weight is 315 g/mol. The summed E-state index contributed by atoms with van der Waals surface area (Å²) in [5, 5.41) is 9.22. The Bertz CT molecular complexity index is 640. The molecular formula is C18H22FN3O. The van der Waals surface area contributed by atoms with Crippen molar-refractivity contribution in [3.8, 4) is 6.07 Å². The molecule has 1 aromatic carbocycles. The standard InChI is InChI=1S/C18H22FN3O/c1-13(23)22-9-3-5-18(22)17-4-2-8-21(17)12-14-6-7-16(19)10-15(14)11-20/h6-7,10,17-18H,2-5,8-9,12H2,1H3/t17-,18+/m1/s1. The van der Waals surface area contributed by atoms with Crippen molar-refractivity contribution in [3.05, 3.63) is 35.1 Å². The second kappa shape index (κ2) is 6.67. The molecule has 2 saturated heterocycles. The van der Waals surface area contributed by atoms with Gasteiger partial charge in [0, 0.05) is 32.1 Å². The van der Waals surface area contributed by atoms with Crippen molar-refractivity contribution in [3.63, 3.8) is 0 Å². The Morgan fingerprint density at radius 2 is 2.04 bits per heavy atom. The molecule has 1 amide bonds. The highest BCUT2D eigenvalue weighted by Gasteiger charge is 2.38. The van der Waals surface area contributed by atoms with Crippen LogP contribution < -0.4 is 0 Å². The molecular weight excluding hydrogens is 293 g/mol. The van der Waals surface area contributed by atoms with Gasteiger partial charge in [0.15, 0.2) is 0 Å². The minimum Gasteiger partial charge on any atom is -0.338 e. The predicted molar refractivity (Wildman–Crippen MR) is 85.0 cm³/mol. The summed E-state index contributed by atoms with van der Waals surface area (Å²) in [5.74, 6) is -0.222. The molecule has 122 valence electrons. The van der Waals surface area contributed by atoms with Crippen molar-refractivity contribution < 1.29 is 9.18 Å². The zero-order valence-electron chi connectivity index (χ0n) is 13.5. The van der Waals surface area contributed by atoms with Gasteiger partial charge in [-0.3, -0.25) is 9.69 Å². The zero-order valence-corrected chi connectivity index (χ0v) is 13.5. The van der Waals surface area contributed by atoms with Crippen molar-refractivity contribution >= 4 is 5.91 Å². The summed E-state index contributed by atoms with van der Waals surface area (Å²) in [4.78, 5) is 16.2. The number of carbonyl (C=O) groups excluding carboxylic acids is 1. The van der Waals surface area contributed by atoms with Crippen LogP contribution in [0.25, 0.3) is 0 Å². The Kier molecular flexibility index (Phi) is 4.63. The van der Waals surface area contributed by atoms with Crippen LogP contribution in [0.4, 0.5) is 4.39 Å². The maximum Gasteiger partial charge on any atom is 0.219 e. The minimum atomic E-state index is -0.373. The first kappa shape index (κ1) is 15.9. The number of nitriles is 1. The lowest BCUT2D eigenvalue weighted by Crippen LogP contribution is -2.47. The lowest BCUT2D eigenvalue weighted by molar-refractivity contribution is -0.130. The molecule has 0 aromatic heterocycles. The molecule has 3 rings (SSSR count). The summed E-state index contributed by atoms with van der Waals surface area (Å²) in [7, 11) is 0. The third-order valence-electron chi connectivity index (χ3n) is 5.13. The zero-order chi connectivity index (χ0) is 16.4. The maximum absolute atomic E-state index is 13.3. The largest absolute Gasteiger partial charge is 0.338 e. The Labute approximate surface area is 136 Å². The molecule has 2 fully saturated rings. The number of rotatable bonds is 3. The van der Waals surface area contributed by atoms with Gasteiger partial charge < -0.3 is 4.90 Å². The van der Waals surface area contributed by atoms with Gasteiger partial charge in [-0.15, -0.1) is 0 Å². The minimum absolute atomic E-state index is 0.152. The van der Waals surface area contributed by atoms with Crippen molar-refractivity contribution in [2.24, 2.45) is 0 Å². The molecule has 0 aliphatic carbocycles. The second-order valence-electron chi connectivity index (χ2n) is 6.52. The van der Waals surface area contributed by atoms with E-state index >= 15 is 0 Å². The second-order valence-corrected chi connectivity index (χ2v) is 6.52. The van der Waals surface area contributed by atoms with E-state index < -0.39 is 0 Å². The number of hydrogen-bond acceptors (Lipinski definition) is 3. The summed E-state index contributed by atoms with van der Waals surface area (Å²) >= 11 is 0. The highest BCUT2D eigenvalue weighted by molar-refractivity contribution is 5.74. The fourth-order valence-corrected chi connectivity index (χ4v) is 4.08. The van der Waals surface area contributed by atoms with Gasteiger partial charge in [0.2, 0.25) is 5.91 Å². The van der Waals surface area contributed by atoms with Gasteiger partial charge in [-0.05, 0) is 49.9 Å². The highest BCUT2D eigenvalue weighted by Crippen LogP contribution is 2.31. The third kappa shape index (κ3) is 3.23. The number of halogens is 1. The van der Waals surface area contributed by atoms with Crippen LogP contribution in [0.15, 0.2) is 18.2 Å². The SMILES string of the molecule is CC(=O)N1CCC[C@H]1[C@H]1CCCN1Cc1ccc(F)cc1C#N. The van der Waals surface area contributed by atoms with Crippen LogP contribution in [0.5, 0.6) is 0 Å². The van der Waals surface area contributed by atoms with E-state index in [2.05, 4.69) is 11.0 Å². The van der Waals surface area contributed by atoms with E-state index in [9.17, 15) is 14.4 Å². The number of likely N-dealkylation sites (tertiary alicyclic amines) is 2. The Morgan fingerprint density at radius 3 is 2.78 bits per heavy atom. The van der Waals surface area contributed by atoms with Crippen LogP contribution in [-0.4, -0.2) is 40.9 Å². The fraction of sp³-hybridized carbons (Fsp3) is 0.556. The molecule has 0 spiro atoms. The normalized spacial score (nSPS) is 24.8. The van der Waals surface area contributed by atoms with Crippen LogP contribution >= 0.6 is 0 Å². The quantitative estimate of drug-likeness (QED) is 0.861. The molecule has 2 atom stereocenters. The van der Waals surface area contributed by atoms with Gasteiger partial charge in [-0.2, -0.15) is 5.26 Å². The van der Waals surface area contributed by atoms with Crippen LogP contribution in [0.3, 0.4) is 0 Å². The van der Waals surface area contributed by atoms with E-state index in [0.29, 0.717) is 18.2 Å². The average Bonchev–Trinajstić information content (AvgIpc) is 3.17. The summed E-state index contributed by atoms with van der Waals surface area (Å²) in [6.45, 7) is 4.11. The van der Waals surface area contributed by atoms with E-state index in [1.807, 2.05) is 4.90 Å². The van der Waals surface area contributed by atoms with Crippen molar-refractivity contribution in [1.29, 1.82) is 5.26 Å². The lowest BCUT2D eigenvalue weighted by Gasteiger charge is -2.34. The summed E-state index contributed by atoms with van der Waals surface area (Å²) < 4.78 is 13.3. The molecule has 0 bridgehead atoms.